The van der Waals surface area contributed by atoms with Gasteiger partial charge in [-0.1, -0.05) is 26.7 Å². The molecule has 0 aromatic carbocycles. The van der Waals surface area contributed by atoms with E-state index >= 15 is 0 Å². The number of carbonyl (C=O) groups excluding carboxylic acids is 1. The van der Waals surface area contributed by atoms with E-state index in [1.807, 2.05) is 6.92 Å². The number of aldehydes is 1. The minimum Gasteiger partial charge on any atom is -0.481 e. The molecule has 2 saturated carbocycles. The fourth-order valence-electron chi connectivity index (χ4n) is 2.51. The van der Waals surface area contributed by atoms with E-state index < -0.39 is 5.97 Å². The summed E-state index contributed by atoms with van der Waals surface area (Å²) in [5, 5.41) is 8.68. The quantitative estimate of drug-likeness (QED) is 0.766. The molecule has 2 fully saturated rings. The van der Waals surface area contributed by atoms with Crippen molar-refractivity contribution in [1.29, 1.82) is 0 Å². The van der Waals surface area contributed by atoms with Crippen molar-refractivity contribution >= 4 is 12.3 Å². The summed E-state index contributed by atoms with van der Waals surface area (Å²) < 4.78 is 0. The Labute approximate surface area is 104 Å². The second-order valence-corrected chi connectivity index (χ2v) is 5.48. The lowest BCUT2D eigenvalue weighted by molar-refractivity contribution is -0.154. The Hall–Kier alpha value is -0.860. The van der Waals surface area contributed by atoms with Gasteiger partial charge in [0.25, 0.3) is 0 Å². The summed E-state index contributed by atoms with van der Waals surface area (Å²) in [6.45, 7) is 4.04. The average molecular weight is 240 g/mol. The zero-order valence-electron chi connectivity index (χ0n) is 11.0. The van der Waals surface area contributed by atoms with Crippen molar-refractivity contribution in [2.45, 2.75) is 65.2 Å². The number of hydrogen-bond acceptors (Lipinski definition) is 2. The maximum absolute atomic E-state index is 10.5. The van der Waals surface area contributed by atoms with Crippen LogP contribution in [0.3, 0.4) is 0 Å². The normalized spacial score (nSPS) is 23.4. The molecule has 0 unspecified atom stereocenters. The Morgan fingerprint density at radius 3 is 1.65 bits per heavy atom. The Kier molecular flexibility index (Phi) is 4.72. The van der Waals surface area contributed by atoms with E-state index in [-0.39, 0.29) is 10.8 Å². The first kappa shape index (κ1) is 14.2. The second-order valence-electron chi connectivity index (χ2n) is 5.48. The predicted molar refractivity (Wildman–Crippen MR) is 66.8 cm³/mol. The Bertz CT molecular complexity index is 264. The van der Waals surface area contributed by atoms with Crippen LogP contribution in [0.25, 0.3) is 0 Å². The minimum atomic E-state index is -0.601. The molecule has 3 heteroatoms. The summed E-state index contributed by atoms with van der Waals surface area (Å²) in [5.41, 5.74) is -0.194. The molecular weight excluding hydrogens is 216 g/mol. The summed E-state index contributed by atoms with van der Waals surface area (Å²) >= 11 is 0. The van der Waals surface area contributed by atoms with Gasteiger partial charge in [-0.25, -0.2) is 0 Å². The van der Waals surface area contributed by atoms with Gasteiger partial charge in [0.1, 0.15) is 6.29 Å². The summed E-state index contributed by atoms with van der Waals surface area (Å²) in [5.74, 6) is -0.601. The molecule has 2 aliphatic rings. The highest BCUT2D eigenvalue weighted by Gasteiger charge is 2.42. The third kappa shape index (κ3) is 2.88. The molecule has 3 nitrogen and oxygen atoms in total. The van der Waals surface area contributed by atoms with Crippen molar-refractivity contribution in [3.63, 3.8) is 0 Å². The molecule has 0 spiro atoms. The van der Waals surface area contributed by atoms with Crippen LogP contribution in [0.2, 0.25) is 0 Å². The van der Waals surface area contributed by atoms with Gasteiger partial charge in [-0.3, -0.25) is 4.79 Å². The highest BCUT2D eigenvalue weighted by molar-refractivity contribution is 5.75. The molecule has 0 radical (unpaired) electrons. The predicted octanol–water partition coefficient (Wildman–Crippen LogP) is 3.42. The van der Waals surface area contributed by atoms with E-state index in [0.717, 1.165) is 51.2 Å². The molecule has 17 heavy (non-hydrogen) atoms. The summed E-state index contributed by atoms with van der Waals surface area (Å²) in [6, 6.07) is 0. The van der Waals surface area contributed by atoms with Gasteiger partial charge in [-0.15, -0.1) is 0 Å². The standard InChI is InChI=1S/C7H12O2.C7H12O/c1-2-7(6(8)9)4-3-5-7;1-2-7(6-8)4-3-5-7/h2-5H2,1H3,(H,8,9);6H,2-5H2,1H3. The van der Waals surface area contributed by atoms with Gasteiger partial charge in [0, 0.05) is 5.41 Å². The lowest BCUT2D eigenvalue weighted by Crippen LogP contribution is -2.36. The first-order valence-electron chi connectivity index (χ1n) is 6.74. The van der Waals surface area contributed by atoms with Crippen LogP contribution in [0.1, 0.15) is 65.2 Å². The van der Waals surface area contributed by atoms with E-state index in [2.05, 4.69) is 6.92 Å². The summed E-state index contributed by atoms with van der Waals surface area (Å²) in [6.07, 6.45) is 9.36. The highest BCUT2D eigenvalue weighted by atomic mass is 16.4. The lowest BCUT2D eigenvalue weighted by atomic mass is 9.67. The molecule has 0 atom stereocenters. The van der Waals surface area contributed by atoms with E-state index in [1.54, 1.807) is 0 Å². The largest absolute Gasteiger partial charge is 0.481 e. The number of carbonyl (C=O) groups is 2. The molecule has 0 aliphatic heterocycles. The third-order valence-corrected chi connectivity index (χ3v) is 4.74. The van der Waals surface area contributed by atoms with Gasteiger partial charge in [0.15, 0.2) is 0 Å². The molecule has 2 rings (SSSR count). The van der Waals surface area contributed by atoms with E-state index in [1.165, 1.54) is 6.42 Å². The number of hydrogen-bond donors (Lipinski definition) is 1. The number of carboxylic acid groups (broad SMARTS) is 1. The van der Waals surface area contributed by atoms with Crippen molar-refractivity contribution in [3.05, 3.63) is 0 Å². The van der Waals surface area contributed by atoms with Crippen LogP contribution >= 0.6 is 0 Å². The number of rotatable bonds is 4. The van der Waals surface area contributed by atoms with Gasteiger partial charge in [0.2, 0.25) is 0 Å². The second kappa shape index (κ2) is 5.65. The fraction of sp³-hybridized carbons (Fsp3) is 0.857. The van der Waals surface area contributed by atoms with Crippen LogP contribution in [-0.2, 0) is 9.59 Å². The topological polar surface area (TPSA) is 54.4 Å². The van der Waals surface area contributed by atoms with Gasteiger partial charge in [0.05, 0.1) is 5.41 Å². The van der Waals surface area contributed by atoms with Gasteiger partial charge in [-0.05, 0) is 38.5 Å². The molecule has 0 bridgehead atoms. The number of carboxylic acids is 1. The maximum atomic E-state index is 10.5. The summed E-state index contributed by atoms with van der Waals surface area (Å²) in [4.78, 5) is 20.9. The highest BCUT2D eigenvalue weighted by Crippen LogP contribution is 2.43. The van der Waals surface area contributed by atoms with Crippen molar-refractivity contribution in [2.24, 2.45) is 10.8 Å². The van der Waals surface area contributed by atoms with Crippen LogP contribution in [-0.4, -0.2) is 17.4 Å². The molecule has 0 saturated heterocycles. The van der Waals surface area contributed by atoms with Gasteiger partial charge >= 0.3 is 5.97 Å². The van der Waals surface area contributed by atoms with Crippen LogP contribution < -0.4 is 0 Å². The summed E-state index contributed by atoms with van der Waals surface area (Å²) in [7, 11) is 0. The zero-order valence-corrected chi connectivity index (χ0v) is 11.0. The van der Waals surface area contributed by atoms with Gasteiger partial charge < -0.3 is 9.90 Å². The SMILES string of the molecule is CCC1(C(=O)O)CCC1.CCC1(C=O)CCC1. The smallest absolute Gasteiger partial charge is 0.309 e. The van der Waals surface area contributed by atoms with Crippen LogP contribution in [0.15, 0.2) is 0 Å². The Morgan fingerprint density at radius 1 is 1.12 bits per heavy atom. The molecule has 0 aromatic heterocycles. The fourth-order valence-corrected chi connectivity index (χ4v) is 2.51. The first-order valence-corrected chi connectivity index (χ1v) is 6.74. The van der Waals surface area contributed by atoms with Gasteiger partial charge in [-0.2, -0.15) is 0 Å². The molecule has 2 aliphatic carbocycles. The monoisotopic (exact) mass is 240 g/mol. The van der Waals surface area contributed by atoms with E-state index in [9.17, 15) is 9.59 Å². The van der Waals surface area contributed by atoms with E-state index in [0.29, 0.717) is 0 Å². The number of aliphatic carboxylic acids is 1. The van der Waals surface area contributed by atoms with E-state index in [4.69, 9.17) is 5.11 Å². The molecule has 0 aromatic rings. The Balaban J connectivity index is 0.000000171. The van der Waals surface area contributed by atoms with Crippen molar-refractivity contribution in [1.82, 2.24) is 0 Å². The van der Waals surface area contributed by atoms with Crippen molar-refractivity contribution in [3.8, 4) is 0 Å². The van der Waals surface area contributed by atoms with Crippen LogP contribution in [0.4, 0.5) is 0 Å². The van der Waals surface area contributed by atoms with Crippen LogP contribution in [0, 0.1) is 10.8 Å². The molecule has 98 valence electrons. The molecule has 1 N–H and O–H groups in total. The lowest BCUT2D eigenvalue weighted by Gasteiger charge is -2.36. The van der Waals surface area contributed by atoms with Crippen molar-refractivity contribution in [2.75, 3.05) is 0 Å². The molecular formula is C14H24O3. The zero-order chi connectivity index (χ0) is 12.9. The molecule has 0 heterocycles. The van der Waals surface area contributed by atoms with Crippen molar-refractivity contribution < 1.29 is 14.7 Å². The molecule has 0 amide bonds. The first-order chi connectivity index (χ1) is 8.04. The maximum Gasteiger partial charge on any atom is 0.309 e. The Morgan fingerprint density at radius 2 is 1.65 bits per heavy atom. The average Bonchev–Trinajstić information content (AvgIpc) is 2.17. The van der Waals surface area contributed by atoms with Crippen LogP contribution in [0.5, 0.6) is 0 Å². The minimum absolute atomic E-state index is 0.125. The third-order valence-electron chi connectivity index (χ3n) is 4.74.